The summed E-state index contributed by atoms with van der Waals surface area (Å²) in [5.41, 5.74) is 6.45. The van der Waals surface area contributed by atoms with Crippen molar-refractivity contribution in [2.24, 2.45) is 17.6 Å². The van der Waals surface area contributed by atoms with E-state index in [-0.39, 0.29) is 0 Å². The molecule has 112 valence electrons. The molecule has 0 spiro atoms. The quantitative estimate of drug-likeness (QED) is 0.847. The minimum Gasteiger partial charge on any atom is -0.326 e. The molecule has 1 aliphatic heterocycles. The minimum absolute atomic E-state index is 0.361. The van der Waals surface area contributed by atoms with Crippen molar-refractivity contribution in [3.05, 3.63) is 0 Å². The summed E-state index contributed by atoms with van der Waals surface area (Å²) in [5.74, 6) is 1.54. The third kappa shape index (κ3) is 3.50. The molecule has 1 saturated heterocycles. The molecule has 0 radical (unpaired) electrons. The van der Waals surface area contributed by atoms with Gasteiger partial charge in [0.25, 0.3) is 0 Å². The van der Waals surface area contributed by atoms with Crippen molar-refractivity contribution in [2.45, 2.75) is 64.6 Å². The lowest BCUT2D eigenvalue weighted by atomic mass is 9.76. The van der Waals surface area contributed by atoms with Gasteiger partial charge in [-0.25, -0.2) is 0 Å². The van der Waals surface area contributed by atoms with Crippen LogP contribution in [0.4, 0.5) is 0 Å². The van der Waals surface area contributed by atoms with Crippen LogP contribution < -0.4 is 5.73 Å². The highest BCUT2D eigenvalue weighted by atomic mass is 15.2. The lowest BCUT2D eigenvalue weighted by Crippen LogP contribution is -2.55. The van der Waals surface area contributed by atoms with Gasteiger partial charge in [-0.3, -0.25) is 4.90 Å². The van der Waals surface area contributed by atoms with Gasteiger partial charge in [-0.05, 0) is 57.7 Å². The minimum atomic E-state index is 0.361. The summed E-state index contributed by atoms with van der Waals surface area (Å²) in [7, 11) is 2.29. The molecule has 3 heteroatoms. The highest BCUT2D eigenvalue weighted by Crippen LogP contribution is 2.31. The predicted molar refractivity (Wildman–Crippen MR) is 82.2 cm³/mol. The lowest BCUT2D eigenvalue weighted by molar-refractivity contribution is 0.0750. The Morgan fingerprint density at radius 3 is 2.63 bits per heavy atom. The van der Waals surface area contributed by atoms with Crippen LogP contribution in [-0.2, 0) is 0 Å². The van der Waals surface area contributed by atoms with Gasteiger partial charge in [-0.2, -0.15) is 0 Å². The lowest BCUT2D eigenvalue weighted by Gasteiger charge is -2.44. The molecule has 2 fully saturated rings. The van der Waals surface area contributed by atoms with E-state index in [2.05, 4.69) is 37.6 Å². The van der Waals surface area contributed by atoms with Crippen molar-refractivity contribution in [3.63, 3.8) is 0 Å². The molecule has 1 aliphatic carbocycles. The van der Waals surface area contributed by atoms with Crippen molar-refractivity contribution >= 4 is 0 Å². The van der Waals surface area contributed by atoms with Gasteiger partial charge in [0.05, 0.1) is 0 Å². The maximum absolute atomic E-state index is 6.45. The Morgan fingerprint density at radius 1 is 1.26 bits per heavy atom. The van der Waals surface area contributed by atoms with Crippen LogP contribution in [0.5, 0.6) is 0 Å². The van der Waals surface area contributed by atoms with E-state index < -0.39 is 0 Å². The van der Waals surface area contributed by atoms with E-state index in [0.29, 0.717) is 12.1 Å². The third-order valence-corrected chi connectivity index (χ3v) is 5.38. The Morgan fingerprint density at radius 2 is 2.00 bits per heavy atom. The monoisotopic (exact) mass is 267 g/mol. The van der Waals surface area contributed by atoms with Crippen molar-refractivity contribution in [2.75, 3.05) is 26.7 Å². The summed E-state index contributed by atoms with van der Waals surface area (Å²) in [6, 6.07) is 1.70. The van der Waals surface area contributed by atoms with E-state index in [0.717, 1.165) is 17.9 Å². The number of hydrogen-bond donors (Lipinski definition) is 1. The molecule has 0 aromatic carbocycles. The topological polar surface area (TPSA) is 32.5 Å². The van der Waals surface area contributed by atoms with Crippen LogP contribution in [0.15, 0.2) is 0 Å². The molecule has 19 heavy (non-hydrogen) atoms. The normalized spacial score (nSPS) is 41.1. The molecule has 2 N–H and O–H groups in total. The molecule has 3 nitrogen and oxygen atoms in total. The Hall–Kier alpha value is -0.120. The fourth-order valence-corrected chi connectivity index (χ4v) is 4.63. The summed E-state index contributed by atoms with van der Waals surface area (Å²) in [5, 5.41) is 0. The molecule has 2 aliphatic rings. The van der Waals surface area contributed by atoms with E-state index in [1.165, 1.54) is 45.3 Å². The number of nitrogens with two attached hydrogens (primary N) is 1. The van der Waals surface area contributed by atoms with Crippen LogP contribution in [0, 0.1) is 11.8 Å². The number of hydrogen-bond acceptors (Lipinski definition) is 3. The summed E-state index contributed by atoms with van der Waals surface area (Å²) in [6.07, 6.45) is 5.27. The standard InChI is InChI=1S/C16H33N3/c1-5-19-8-6-7-14(19)11-18(4)16-13(3)9-12(2)10-15(16)17/h12-16H,5-11,17H2,1-4H3. The van der Waals surface area contributed by atoms with Gasteiger partial charge in [0, 0.05) is 24.7 Å². The molecular formula is C16H33N3. The smallest absolute Gasteiger partial charge is 0.0270 e. The van der Waals surface area contributed by atoms with Crippen LogP contribution >= 0.6 is 0 Å². The highest BCUT2D eigenvalue weighted by Gasteiger charge is 2.36. The second kappa shape index (κ2) is 6.55. The van der Waals surface area contributed by atoms with Gasteiger partial charge in [-0.1, -0.05) is 20.8 Å². The zero-order valence-corrected chi connectivity index (χ0v) is 13.3. The Bertz CT molecular complexity index is 269. The number of rotatable bonds is 4. The summed E-state index contributed by atoms with van der Waals surface area (Å²) in [4.78, 5) is 5.21. The van der Waals surface area contributed by atoms with E-state index in [4.69, 9.17) is 5.73 Å². The molecule has 2 rings (SSSR count). The molecule has 1 heterocycles. The Balaban J connectivity index is 1.93. The zero-order chi connectivity index (χ0) is 14.0. The van der Waals surface area contributed by atoms with Gasteiger partial charge in [0.15, 0.2) is 0 Å². The van der Waals surface area contributed by atoms with Crippen molar-refractivity contribution in [1.29, 1.82) is 0 Å². The van der Waals surface area contributed by atoms with Gasteiger partial charge in [0.2, 0.25) is 0 Å². The molecular weight excluding hydrogens is 234 g/mol. The van der Waals surface area contributed by atoms with Crippen LogP contribution in [0.2, 0.25) is 0 Å². The first-order chi connectivity index (χ1) is 9.02. The van der Waals surface area contributed by atoms with Gasteiger partial charge in [-0.15, -0.1) is 0 Å². The first-order valence-corrected chi connectivity index (χ1v) is 8.22. The maximum Gasteiger partial charge on any atom is 0.0270 e. The third-order valence-electron chi connectivity index (χ3n) is 5.38. The van der Waals surface area contributed by atoms with Crippen LogP contribution in [0.1, 0.15) is 46.5 Å². The predicted octanol–water partition coefficient (Wildman–Crippen LogP) is 2.16. The van der Waals surface area contributed by atoms with Gasteiger partial charge < -0.3 is 10.6 Å². The summed E-state index contributed by atoms with van der Waals surface area (Å²) < 4.78 is 0. The zero-order valence-electron chi connectivity index (χ0n) is 13.3. The van der Waals surface area contributed by atoms with Gasteiger partial charge in [0.1, 0.15) is 0 Å². The van der Waals surface area contributed by atoms with Crippen LogP contribution in [-0.4, -0.2) is 54.6 Å². The fourth-order valence-electron chi connectivity index (χ4n) is 4.63. The Labute approximate surface area is 119 Å². The molecule has 0 bridgehead atoms. The van der Waals surface area contributed by atoms with E-state index in [1.54, 1.807) is 0 Å². The van der Waals surface area contributed by atoms with E-state index >= 15 is 0 Å². The average molecular weight is 267 g/mol. The van der Waals surface area contributed by atoms with Crippen LogP contribution in [0.25, 0.3) is 0 Å². The number of likely N-dealkylation sites (tertiary alicyclic amines) is 1. The van der Waals surface area contributed by atoms with Crippen molar-refractivity contribution in [3.8, 4) is 0 Å². The Kier molecular flexibility index (Phi) is 5.27. The second-order valence-electron chi connectivity index (χ2n) is 7.07. The fraction of sp³-hybridized carbons (Fsp3) is 1.00. The molecule has 5 unspecified atom stereocenters. The molecule has 0 aromatic rings. The molecule has 5 atom stereocenters. The van der Waals surface area contributed by atoms with E-state index in [1.807, 2.05) is 0 Å². The largest absolute Gasteiger partial charge is 0.326 e. The molecule has 0 aromatic heterocycles. The number of nitrogens with zero attached hydrogens (tertiary/aromatic N) is 2. The molecule has 0 amide bonds. The summed E-state index contributed by atoms with van der Waals surface area (Å²) >= 11 is 0. The van der Waals surface area contributed by atoms with Crippen molar-refractivity contribution < 1.29 is 0 Å². The first-order valence-electron chi connectivity index (χ1n) is 8.22. The van der Waals surface area contributed by atoms with Crippen molar-refractivity contribution in [1.82, 2.24) is 9.80 Å². The number of likely N-dealkylation sites (N-methyl/N-ethyl adjacent to an activating group) is 2. The van der Waals surface area contributed by atoms with E-state index in [9.17, 15) is 0 Å². The average Bonchev–Trinajstić information content (AvgIpc) is 2.74. The summed E-state index contributed by atoms with van der Waals surface area (Å²) in [6.45, 7) is 10.7. The van der Waals surface area contributed by atoms with Crippen LogP contribution in [0.3, 0.4) is 0 Å². The van der Waals surface area contributed by atoms with Gasteiger partial charge >= 0.3 is 0 Å². The maximum atomic E-state index is 6.45. The SMILES string of the molecule is CCN1CCCC1CN(C)C1C(C)CC(C)CC1N. The second-order valence-corrected chi connectivity index (χ2v) is 7.07. The molecule has 1 saturated carbocycles. The highest BCUT2D eigenvalue weighted by molar-refractivity contribution is 4.93. The first kappa shape index (κ1) is 15.3.